The number of hydrogen-bond acceptors (Lipinski definition) is 7. The van der Waals surface area contributed by atoms with Crippen LogP contribution in [0.15, 0.2) is 42.7 Å². The molecule has 4 heterocycles. The van der Waals surface area contributed by atoms with Gasteiger partial charge in [0, 0.05) is 61.9 Å². The third-order valence-corrected chi connectivity index (χ3v) is 8.08. The lowest BCUT2D eigenvalue weighted by Gasteiger charge is -2.32. The van der Waals surface area contributed by atoms with Gasteiger partial charge in [-0.1, -0.05) is 13.8 Å². The van der Waals surface area contributed by atoms with E-state index in [9.17, 15) is 4.79 Å². The number of piperidine rings is 1. The number of morpholine rings is 1. The Hall–Kier alpha value is -3.59. The molecule has 3 aliphatic heterocycles. The Kier molecular flexibility index (Phi) is 9.21. The Bertz CT molecular complexity index is 1260. The summed E-state index contributed by atoms with van der Waals surface area (Å²) in [7, 11) is 1.71. The molecule has 3 aliphatic rings. The van der Waals surface area contributed by atoms with E-state index in [0.29, 0.717) is 26.3 Å². The Morgan fingerprint density at radius 1 is 0.925 bits per heavy atom. The van der Waals surface area contributed by atoms with Crippen molar-refractivity contribution in [2.75, 3.05) is 74.7 Å². The maximum Gasteiger partial charge on any atom is 0.321 e. The molecule has 2 amide bonds. The quantitative estimate of drug-likeness (QED) is 0.452. The molecule has 3 aromatic rings. The number of urea groups is 1. The zero-order chi connectivity index (χ0) is 27.9. The monoisotopic (exact) mass is 546 g/mol. The van der Waals surface area contributed by atoms with E-state index in [0.717, 1.165) is 72.7 Å². The number of fused-ring (bicyclic) bond motifs is 1. The van der Waals surface area contributed by atoms with Crippen LogP contribution in [-0.2, 0) is 4.74 Å². The molecular formula is C31H42N6O3. The molecule has 40 heavy (non-hydrogen) atoms. The van der Waals surface area contributed by atoms with E-state index in [4.69, 9.17) is 14.5 Å². The number of aromatic nitrogens is 2. The van der Waals surface area contributed by atoms with E-state index in [-0.39, 0.29) is 11.9 Å². The number of carbonyl (C=O) groups excluding carboxylic acids is 1. The van der Waals surface area contributed by atoms with Crippen molar-refractivity contribution < 1.29 is 14.3 Å². The highest BCUT2D eigenvalue weighted by molar-refractivity contribution is 5.90. The first-order valence-electron chi connectivity index (χ1n) is 14.8. The predicted octanol–water partition coefficient (Wildman–Crippen LogP) is 5.51. The van der Waals surface area contributed by atoms with Gasteiger partial charge in [-0.2, -0.15) is 0 Å². The van der Waals surface area contributed by atoms with Crippen molar-refractivity contribution >= 4 is 34.0 Å². The summed E-state index contributed by atoms with van der Waals surface area (Å²) in [6.45, 7) is 10.7. The first-order chi connectivity index (χ1) is 19.7. The normalized spacial score (nSPS) is 17.9. The van der Waals surface area contributed by atoms with Gasteiger partial charge >= 0.3 is 6.03 Å². The second-order valence-corrected chi connectivity index (χ2v) is 10.3. The number of rotatable bonds is 5. The molecule has 6 rings (SSSR count). The summed E-state index contributed by atoms with van der Waals surface area (Å²) in [4.78, 5) is 28.9. The van der Waals surface area contributed by atoms with E-state index >= 15 is 0 Å². The Morgan fingerprint density at radius 3 is 2.30 bits per heavy atom. The van der Waals surface area contributed by atoms with Gasteiger partial charge in [-0.15, -0.1) is 0 Å². The number of nitrogens with zero attached hydrogens (tertiary/aromatic N) is 5. The number of anilines is 3. The zero-order valence-electron chi connectivity index (χ0n) is 24.1. The van der Waals surface area contributed by atoms with Gasteiger partial charge in [0.15, 0.2) is 0 Å². The van der Waals surface area contributed by atoms with Crippen LogP contribution < -0.4 is 19.9 Å². The highest BCUT2D eigenvalue weighted by Gasteiger charge is 2.27. The topological polar surface area (TPSA) is 83.1 Å². The average Bonchev–Trinajstić information content (AvgIpc) is 3.57. The van der Waals surface area contributed by atoms with Gasteiger partial charge in [0.05, 0.1) is 37.2 Å². The van der Waals surface area contributed by atoms with E-state index in [1.54, 1.807) is 13.4 Å². The molecule has 0 unspecified atom stereocenters. The molecule has 1 N–H and O–H groups in total. The number of methoxy groups -OCH3 is 1. The van der Waals surface area contributed by atoms with Crippen LogP contribution in [-0.4, -0.2) is 80.5 Å². The lowest BCUT2D eigenvalue weighted by Crippen LogP contribution is -2.40. The van der Waals surface area contributed by atoms with Crippen LogP contribution in [0.3, 0.4) is 0 Å². The van der Waals surface area contributed by atoms with Crippen molar-refractivity contribution in [3.63, 3.8) is 0 Å². The SMILES string of the molecule is CC.COc1cc2c(C3CCN(C(=O)Nc4ccc(N5CCCC5)cc4)CC3)ncnc2cc1N1CCOCC1. The lowest BCUT2D eigenvalue weighted by atomic mass is 9.91. The largest absolute Gasteiger partial charge is 0.495 e. The number of amides is 2. The summed E-state index contributed by atoms with van der Waals surface area (Å²) in [6.07, 6.45) is 5.89. The number of benzene rings is 2. The first-order valence-corrected chi connectivity index (χ1v) is 14.8. The Morgan fingerprint density at radius 2 is 1.62 bits per heavy atom. The van der Waals surface area contributed by atoms with Crippen molar-refractivity contribution in [1.82, 2.24) is 14.9 Å². The molecule has 0 bridgehead atoms. The lowest BCUT2D eigenvalue weighted by molar-refractivity contribution is 0.122. The highest BCUT2D eigenvalue weighted by Crippen LogP contribution is 2.37. The summed E-state index contributed by atoms with van der Waals surface area (Å²) in [5.74, 6) is 1.10. The van der Waals surface area contributed by atoms with Crippen molar-refractivity contribution in [3.05, 3.63) is 48.4 Å². The number of hydrogen-bond donors (Lipinski definition) is 1. The fourth-order valence-corrected chi connectivity index (χ4v) is 5.92. The Labute approximate surface area is 237 Å². The van der Waals surface area contributed by atoms with Gasteiger partial charge in [0.25, 0.3) is 0 Å². The minimum Gasteiger partial charge on any atom is -0.495 e. The maximum atomic E-state index is 13.0. The van der Waals surface area contributed by atoms with Crippen LogP contribution in [0, 0.1) is 0 Å². The smallest absolute Gasteiger partial charge is 0.321 e. The summed E-state index contributed by atoms with van der Waals surface area (Å²) in [5.41, 5.74) is 5.08. The van der Waals surface area contributed by atoms with Crippen LogP contribution in [0.1, 0.15) is 51.1 Å². The van der Waals surface area contributed by atoms with E-state index < -0.39 is 0 Å². The number of carbonyl (C=O) groups is 1. The number of likely N-dealkylation sites (tertiary alicyclic amines) is 1. The van der Waals surface area contributed by atoms with Crippen molar-refractivity contribution in [1.29, 1.82) is 0 Å². The van der Waals surface area contributed by atoms with E-state index in [2.05, 4.69) is 44.4 Å². The predicted molar refractivity (Wildman–Crippen MR) is 161 cm³/mol. The summed E-state index contributed by atoms with van der Waals surface area (Å²) in [6, 6.07) is 12.4. The summed E-state index contributed by atoms with van der Waals surface area (Å²) >= 11 is 0. The van der Waals surface area contributed by atoms with Crippen LogP contribution >= 0.6 is 0 Å². The van der Waals surface area contributed by atoms with Crippen molar-refractivity contribution in [2.45, 2.75) is 45.4 Å². The zero-order valence-corrected chi connectivity index (χ0v) is 24.1. The summed E-state index contributed by atoms with van der Waals surface area (Å²) < 4.78 is 11.3. The molecular weight excluding hydrogens is 504 g/mol. The van der Waals surface area contributed by atoms with E-state index in [1.807, 2.05) is 30.9 Å². The Balaban J connectivity index is 0.00000158. The molecule has 0 atom stereocenters. The second kappa shape index (κ2) is 13.2. The van der Waals surface area contributed by atoms with Crippen LogP contribution in [0.25, 0.3) is 10.9 Å². The summed E-state index contributed by atoms with van der Waals surface area (Å²) in [5, 5.41) is 4.11. The van der Waals surface area contributed by atoms with Crippen LogP contribution in [0.4, 0.5) is 21.9 Å². The van der Waals surface area contributed by atoms with Crippen molar-refractivity contribution in [3.8, 4) is 5.75 Å². The maximum absolute atomic E-state index is 13.0. The van der Waals surface area contributed by atoms with Gasteiger partial charge < -0.3 is 29.5 Å². The fourth-order valence-electron chi connectivity index (χ4n) is 5.92. The highest BCUT2D eigenvalue weighted by atomic mass is 16.5. The molecule has 0 spiro atoms. The van der Waals surface area contributed by atoms with Crippen molar-refractivity contribution in [2.24, 2.45) is 0 Å². The minimum absolute atomic E-state index is 0.0401. The molecule has 9 nitrogen and oxygen atoms in total. The van der Waals surface area contributed by atoms with Gasteiger partial charge in [-0.3, -0.25) is 0 Å². The first kappa shape index (κ1) is 28.0. The molecule has 1 aromatic heterocycles. The van der Waals surface area contributed by atoms with Gasteiger partial charge in [-0.25, -0.2) is 14.8 Å². The molecule has 0 saturated carbocycles. The molecule has 3 fully saturated rings. The third kappa shape index (κ3) is 6.09. The molecule has 0 radical (unpaired) electrons. The average molecular weight is 547 g/mol. The number of ether oxygens (including phenoxy) is 2. The van der Waals surface area contributed by atoms with Gasteiger partial charge in [0.1, 0.15) is 12.1 Å². The van der Waals surface area contributed by atoms with Gasteiger partial charge in [0.2, 0.25) is 0 Å². The third-order valence-electron chi connectivity index (χ3n) is 8.08. The number of nitrogens with one attached hydrogen (secondary N) is 1. The standard InChI is InChI=1S/C29H36N6O3.C2H6/c1-37-27-18-24-25(19-26(27)34-14-16-38-17-15-34)30-20-31-28(24)21-8-12-35(13-9-21)29(36)32-22-4-6-23(7-5-22)33-10-2-3-11-33;1-2/h4-7,18-21H,2-3,8-17H2,1H3,(H,32,36);1-2H3. The molecule has 3 saturated heterocycles. The molecule has 2 aromatic carbocycles. The second-order valence-electron chi connectivity index (χ2n) is 10.3. The van der Waals surface area contributed by atoms with Crippen LogP contribution in [0.5, 0.6) is 5.75 Å². The fraction of sp³-hybridized carbons (Fsp3) is 0.516. The van der Waals surface area contributed by atoms with Crippen LogP contribution in [0.2, 0.25) is 0 Å². The molecule has 0 aliphatic carbocycles. The molecule has 214 valence electrons. The molecule has 9 heteroatoms. The van der Waals surface area contributed by atoms with E-state index in [1.165, 1.54) is 18.5 Å². The minimum atomic E-state index is -0.0401. The van der Waals surface area contributed by atoms with Gasteiger partial charge in [-0.05, 0) is 62.1 Å².